The first-order chi connectivity index (χ1) is 16.5. The fourth-order valence-corrected chi connectivity index (χ4v) is 3.90. The molecule has 0 aliphatic heterocycles. The first kappa shape index (κ1) is 26.1. The summed E-state index contributed by atoms with van der Waals surface area (Å²) in [6, 6.07) is 9.29. The lowest BCUT2D eigenvalue weighted by molar-refractivity contribution is -0.134. The number of rotatable bonds is 9. The number of carboxylic acid groups (broad SMARTS) is 1. The minimum absolute atomic E-state index is 0.155. The Balaban J connectivity index is 1.95. The van der Waals surface area contributed by atoms with E-state index < -0.39 is 17.7 Å². The number of benzene rings is 2. The largest absolute Gasteiger partial charge is 0.480 e. The number of unbranched alkanes of at least 4 members (excludes halogenated alkanes) is 2. The second kappa shape index (κ2) is 10.8. The van der Waals surface area contributed by atoms with Gasteiger partial charge in [-0.25, -0.2) is 4.79 Å². The molecule has 1 aromatic heterocycles. The van der Waals surface area contributed by atoms with Crippen molar-refractivity contribution in [3.8, 4) is 11.5 Å². The molecule has 0 saturated carbocycles. The highest BCUT2D eigenvalue weighted by Gasteiger charge is 2.22. The maximum absolute atomic E-state index is 12.8. The summed E-state index contributed by atoms with van der Waals surface area (Å²) < 4.78 is 13.2. The van der Waals surface area contributed by atoms with Gasteiger partial charge in [0.25, 0.3) is 0 Å². The minimum Gasteiger partial charge on any atom is -0.480 e. The van der Waals surface area contributed by atoms with E-state index >= 15 is 0 Å². The van der Waals surface area contributed by atoms with Gasteiger partial charge >= 0.3 is 12.1 Å². The van der Waals surface area contributed by atoms with Crippen LogP contribution < -0.4 is 10.1 Å². The predicted molar refractivity (Wildman–Crippen MR) is 137 cm³/mol. The van der Waals surface area contributed by atoms with E-state index in [4.69, 9.17) is 14.6 Å². The summed E-state index contributed by atoms with van der Waals surface area (Å²) in [5, 5.41) is 17.3. The van der Waals surface area contributed by atoms with Crippen LogP contribution in [0.25, 0.3) is 10.9 Å². The molecule has 3 rings (SSSR count). The van der Waals surface area contributed by atoms with Crippen LogP contribution in [0.3, 0.4) is 0 Å². The number of fused-ring (bicyclic) bond motifs is 1. The van der Waals surface area contributed by atoms with Crippen molar-refractivity contribution in [3.63, 3.8) is 0 Å². The standard InChI is InChI=1S/C27H35N3O5/c1-7-8-9-10-22-21-15-20(11-12-23(21)30(29-22)26(33)35-27(4,5)6)34-25-17(2)13-19(14-18(25)3)28-16-24(31)32/h11-15,28H,7-10,16H2,1-6H3,(H,31,32). The van der Waals surface area contributed by atoms with Gasteiger partial charge in [-0.2, -0.15) is 9.78 Å². The Bertz CT molecular complexity index is 1200. The van der Waals surface area contributed by atoms with Crippen molar-refractivity contribution in [2.24, 2.45) is 0 Å². The van der Waals surface area contributed by atoms with Crippen molar-refractivity contribution in [2.45, 2.75) is 72.8 Å². The van der Waals surface area contributed by atoms with Crippen LogP contribution in [0.1, 0.15) is 63.8 Å². The molecule has 0 unspecified atom stereocenters. The molecule has 0 saturated heterocycles. The van der Waals surface area contributed by atoms with Gasteiger partial charge < -0.3 is 19.9 Å². The predicted octanol–water partition coefficient (Wildman–Crippen LogP) is 6.46. The van der Waals surface area contributed by atoms with E-state index in [1.54, 1.807) is 0 Å². The average molecular weight is 482 g/mol. The van der Waals surface area contributed by atoms with Gasteiger partial charge in [-0.1, -0.05) is 19.8 Å². The third-order valence-corrected chi connectivity index (χ3v) is 5.44. The van der Waals surface area contributed by atoms with Gasteiger partial charge in [-0.3, -0.25) is 4.79 Å². The first-order valence-corrected chi connectivity index (χ1v) is 12.0. The highest BCUT2D eigenvalue weighted by atomic mass is 16.6. The number of aromatic nitrogens is 2. The average Bonchev–Trinajstić information content (AvgIpc) is 3.12. The Morgan fingerprint density at radius 2 is 1.77 bits per heavy atom. The number of aliphatic carboxylic acids is 1. The molecule has 0 amide bonds. The van der Waals surface area contributed by atoms with E-state index in [2.05, 4.69) is 17.3 Å². The maximum Gasteiger partial charge on any atom is 0.435 e. The van der Waals surface area contributed by atoms with Crippen LogP contribution in [0.2, 0.25) is 0 Å². The number of carboxylic acids is 1. The lowest BCUT2D eigenvalue weighted by Gasteiger charge is -2.19. The number of ether oxygens (including phenoxy) is 2. The molecule has 0 bridgehead atoms. The maximum atomic E-state index is 12.8. The third kappa shape index (κ3) is 6.74. The van der Waals surface area contributed by atoms with Crippen LogP contribution in [-0.4, -0.2) is 39.1 Å². The summed E-state index contributed by atoms with van der Waals surface area (Å²) in [5.74, 6) is 0.420. The lowest BCUT2D eigenvalue weighted by Crippen LogP contribution is -2.27. The number of carbonyl (C=O) groups excluding carboxylic acids is 1. The molecule has 0 aliphatic rings. The van der Waals surface area contributed by atoms with Crippen LogP contribution in [-0.2, 0) is 16.0 Å². The molecule has 0 radical (unpaired) electrons. The normalized spacial score (nSPS) is 11.5. The molecule has 0 aliphatic carbocycles. The Morgan fingerprint density at radius 3 is 2.37 bits per heavy atom. The molecule has 2 N–H and O–H groups in total. The summed E-state index contributed by atoms with van der Waals surface area (Å²) in [4.78, 5) is 23.7. The van der Waals surface area contributed by atoms with Crippen molar-refractivity contribution in [3.05, 3.63) is 47.2 Å². The molecule has 0 spiro atoms. The van der Waals surface area contributed by atoms with E-state index in [1.165, 1.54) is 4.68 Å². The molecular weight excluding hydrogens is 446 g/mol. The summed E-state index contributed by atoms with van der Waals surface area (Å²) in [6.45, 7) is 11.3. The van der Waals surface area contributed by atoms with Gasteiger partial charge in [0.15, 0.2) is 0 Å². The summed E-state index contributed by atoms with van der Waals surface area (Å²) in [7, 11) is 0. The SMILES string of the molecule is CCCCCc1nn(C(=O)OC(C)(C)C)c2ccc(Oc3c(C)cc(NCC(=O)O)cc3C)cc12. The van der Waals surface area contributed by atoms with Gasteiger partial charge in [-0.05, 0) is 88.9 Å². The monoisotopic (exact) mass is 481 g/mol. The first-order valence-electron chi connectivity index (χ1n) is 12.0. The van der Waals surface area contributed by atoms with E-state index in [0.29, 0.717) is 17.0 Å². The number of anilines is 1. The molecule has 1 heterocycles. The van der Waals surface area contributed by atoms with Crippen molar-refractivity contribution in [1.29, 1.82) is 0 Å². The second-order valence-corrected chi connectivity index (χ2v) is 9.76. The van der Waals surface area contributed by atoms with Crippen LogP contribution in [0.4, 0.5) is 10.5 Å². The Morgan fingerprint density at radius 1 is 1.09 bits per heavy atom. The highest BCUT2D eigenvalue weighted by molar-refractivity contribution is 5.90. The van der Waals surface area contributed by atoms with Crippen molar-refractivity contribution < 1.29 is 24.2 Å². The molecule has 0 fully saturated rings. The molecule has 35 heavy (non-hydrogen) atoms. The molecule has 188 valence electrons. The zero-order valence-electron chi connectivity index (χ0n) is 21.4. The van der Waals surface area contributed by atoms with Crippen LogP contribution >= 0.6 is 0 Å². The number of carbonyl (C=O) groups is 2. The number of hydrogen-bond donors (Lipinski definition) is 2. The van der Waals surface area contributed by atoms with Gasteiger partial charge in [0.1, 0.15) is 23.6 Å². The minimum atomic E-state index is -0.921. The number of nitrogens with zero attached hydrogens (tertiary/aromatic N) is 2. The van der Waals surface area contributed by atoms with Crippen molar-refractivity contribution in [1.82, 2.24) is 9.78 Å². The molecule has 8 heteroatoms. The number of aryl methyl sites for hydroxylation is 3. The fraction of sp³-hybridized carbons (Fsp3) is 0.444. The Labute approximate surface area is 206 Å². The molecule has 0 atom stereocenters. The van der Waals surface area contributed by atoms with Crippen LogP contribution in [0, 0.1) is 13.8 Å². The summed E-state index contributed by atoms with van der Waals surface area (Å²) >= 11 is 0. The van der Waals surface area contributed by atoms with Gasteiger partial charge in [-0.15, -0.1) is 0 Å². The van der Waals surface area contributed by atoms with Gasteiger partial charge in [0.2, 0.25) is 0 Å². The van der Waals surface area contributed by atoms with E-state index in [9.17, 15) is 9.59 Å². The lowest BCUT2D eigenvalue weighted by atomic mass is 10.1. The quantitative estimate of drug-likeness (QED) is 0.338. The zero-order chi connectivity index (χ0) is 25.8. The fourth-order valence-electron chi connectivity index (χ4n) is 3.90. The van der Waals surface area contributed by atoms with Crippen molar-refractivity contribution in [2.75, 3.05) is 11.9 Å². The van der Waals surface area contributed by atoms with Gasteiger partial charge in [0, 0.05) is 11.1 Å². The smallest absolute Gasteiger partial charge is 0.435 e. The summed E-state index contributed by atoms with van der Waals surface area (Å²) in [5.41, 5.74) is 3.38. The summed E-state index contributed by atoms with van der Waals surface area (Å²) in [6.07, 6.45) is 3.40. The van der Waals surface area contributed by atoms with Gasteiger partial charge in [0.05, 0.1) is 11.2 Å². The molecular formula is C27H35N3O5. The van der Waals surface area contributed by atoms with E-state index in [1.807, 2.05) is 65.0 Å². The number of hydrogen-bond acceptors (Lipinski definition) is 6. The third-order valence-electron chi connectivity index (χ3n) is 5.44. The highest BCUT2D eigenvalue weighted by Crippen LogP contribution is 2.34. The topological polar surface area (TPSA) is 103 Å². The molecule has 2 aromatic carbocycles. The van der Waals surface area contributed by atoms with Crippen LogP contribution in [0.5, 0.6) is 11.5 Å². The number of nitrogens with one attached hydrogen (secondary N) is 1. The molecule has 3 aromatic rings. The molecule has 8 nitrogen and oxygen atoms in total. The van der Waals surface area contributed by atoms with E-state index in [0.717, 1.165) is 53.6 Å². The zero-order valence-corrected chi connectivity index (χ0v) is 21.4. The van der Waals surface area contributed by atoms with Crippen molar-refractivity contribution >= 4 is 28.7 Å². The Kier molecular flexibility index (Phi) is 8.04. The van der Waals surface area contributed by atoms with Crippen LogP contribution in [0.15, 0.2) is 30.3 Å². The Hall–Kier alpha value is -3.55. The van der Waals surface area contributed by atoms with E-state index in [-0.39, 0.29) is 6.54 Å². The second-order valence-electron chi connectivity index (χ2n) is 9.76.